The van der Waals surface area contributed by atoms with Gasteiger partial charge in [-0.05, 0) is 75.8 Å². The first-order valence-electron chi connectivity index (χ1n) is 22.5. The number of fused-ring (bicyclic) bond motifs is 4. The van der Waals surface area contributed by atoms with Crippen molar-refractivity contribution in [2.75, 3.05) is 61.5 Å². The number of amides is 4. The van der Waals surface area contributed by atoms with Crippen LogP contribution in [0.15, 0.2) is 42.9 Å². The summed E-state index contributed by atoms with van der Waals surface area (Å²) in [4.78, 5) is 61.7. The molecule has 4 saturated heterocycles. The number of imide groups is 1. The molecule has 8 heterocycles. The lowest BCUT2D eigenvalue weighted by Gasteiger charge is -2.36. The van der Waals surface area contributed by atoms with E-state index in [1.165, 1.54) is 21.8 Å². The van der Waals surface area contributed by atoms with Crippen molar-refractivity contribution in [1.29, 1.82) is 0 Å². The second-order valence-corrected chi connectivity index (χ2v) is 17.9. The Morgan fingerprint density at radius 2 is 1.86 bits per heavy atom. The molecule has 20 heteroatoms. The maximum absolute atomic E-state index is 14.3. The van der Waals surface area contributed by atoms with Crippen LogP contribution in [0.4, 0.5) is 26.0 Å². The summed E-state index contributed by atoms with van der Waals surface area (Å²) in [6.07, 6.45) is 8.18. The Morgan fingerprint density at radius 3 is 2.61 bits per heavy atom. The van der Waals surface area contributed by atoms with E-state index >= 15 is 0 Å². The minimum atomic E-state index is -2.86. The van der Waals surface area contributed by atoms with Gasteiger partial charge < -0.3 is 35.0 Å². The number of hydrogen-bond donors (Lipinski definition) is 4. The van der Waals surface area contributed by atoms with E-state index in [1.54, 1.807) is 29.1 Å². The number of ether oxygens (including phenoxy) is 2. The molecule has 0 radical (unpaired) electrons. The van der Waals surface area contributed by atoms with E-state index in [9.17, 15) is 33.1 Å². The molecule has 4 aromatic rings. The van der Waals surface area contributed by atoms with Crippen molar-refractivity contribution < 1.29 is 42.5 Å². The number of alkyl halides is 2. The number of hydrogen-bond acceptors (Lipinski definition) is 13. The van der Waals surface area contributed by atoms with Crippen LogP contribution >= 0.6 is 0 Å². The second kappa shape index (κ2) is 17.8. The molecule has 1 saturated carbocycles. The van der Waals surface area contributed by atoms with Crippen molar-refractivity contribution in [1.82, 2.24) is 39.5 Å². The van der Waals surface area contributed by atoms with Crippen molar-refractivity contribution in [2.24, 2.45) is 5.92 Å². The lowest BCUT2D eigenvalue weighted by Crippen LogP contribution is -2.53. The molecule has 6 aliphatic rings. The fraction of sp³-hybridized carbons (Fsp3) is 0.568. The first-order valence-corrected chi connectivity index (χ1v) is 22.5. The maximum Gasteiger partial charge on any atom is 0.284 e. The van der Waals surface area contributed by atoms with Crippen LogP contribution in [0, 0.1) is 5.92 Å². The molecule has 0 spiro atoms. The molecular formula is C44H53F2N11O7. The third-order valence-electron chi connectivity index (χ3n) is 13.9. The zero-order valence-electron chi connectivity index (χ0n) is 35.4. The highest BCUT2D eigenvalue weighted by atomic mass is 19.3. The standard InChI is InChI=1S/C44H53F2N11O7/c45-39(46)38-33(49-41(59)31-20-48-55-17-13-35(50-40(31)55)54-22-29-19-27(54)24-64-29)23-56(52-38)26-7-5-25(6-8-26)21-53-15-11-28(12-16-53)63-18-2-14-47-32-4-1-3-30-37(32)44(62)57(43(30)61)34-9-10-36(58)51-42(34)60/h1,3-4,13,17,20,23,25-29,34,39,43,47,61H,2,5-12,14-16,18-19,21-22,24H2,(H,49,59)(H,51,58,60)/t25?,26?,27-,29-,34?,43?/m1/s1. The third kappa shape index (κ3) is 8.31. The monoisotopic (exact) mass is 885 g/mol. The highest BCUT2D eigenvalue weighted by molar-refractivity contribution is 6.09. The van der Waals surface area contributed by atoms with Crippen molar-refractivity contribution in [3.8, 4) is 0 Å². The number of carbonyl (C=O) groups excluding carboxylic acids is 4. The Bertz CT molecular complexity index is 2410. The van der Waals surface area contributed by atoms with Crippen LogP contribution in [0.3, 0.4) is 0 Å². The van der Waals surface area contributed by atoms with Crippen LogP contribution in [-0.2, 0) is 19.1 Å². The first-order chi connectivity index (χ1) is 31.1. The summed E-state index contributed by atoms with van der Waals surface area (Å²) in [7, 11) is 0. The normalized spacial score (nSPS) is 26.3. The van der Waals surface area contributed by atoms with Crippen LogP contribution < -0.4 is 20.9 Å². The van der Waals surface area contributed by atoms with Crippen LogP contribution in [0.2, 0.25) is 0 Å². The topological polar surface area (TPSA) is 201 Å². The lowest BCUT2D eigenvalue weighted by molar-refractivity contribution is -0.139. The van der Waals surface area contributed by atoms with Gasteiger partial charge in [-0.2, -0.15) is 10.2 Å². The summed E-state index contributed by atoms with van der Waals surface area (Å²) in [6, 6.07) is 6.36. The predicted octanol–water partition coefficient (Wildman–Crippen LogP) is 4.06. The second-order valence-electron chi connectivity index (χ2n) is 17.9. The van der Waals surface area contributed by atoms with E-state index in [1.807, 2.05) is 6.07 Å². The number of aromatic nitrogens is 5. The Hall–Kier alpha value is -5.57. The molecule has 2 bridgehead atoms. The van der Waals surface area contributed by atoms with Gasteiger partial charge in [-0.25, -0.2) is 18.3 Å². The van der Waals surface area contributed by atoms with Crippen molar-refractivity contribution in [3.05, 3.63) is 65.2 Å². The number of likely N-dealkylation sites (tertiary alicyclic amines) is 1. The average molecular weight is 886 g/mol. The number of nitrogens with zero attached hydrogens (tertiary/aromatic N) is 8. The number of carbonyl (C=O) groups is 4. The molecule has 1 aromatic carbocycles. The van der Waals surface area contributed by atoms with Gasteiger partial charge in [0.25, 0.3) is 18.2 Å². The van der Waals surface area contributed by atoms with Crippen LogP contribution in [-0.4, -0.2) is 133 Å². The first kappa shape index (κ1) is 42.4. The highest BCUT2D eigenvalue weighted by Crippen LogP contribution is 2.40. The molecule has 2 unspecified atom stereocenters. The highest BCUT2D eigenvalue weighted by Gasteiger charge is 2.45. The number of anilines is 3. The predicted molar refractivity (Wildman–Crippen MR) is 227 cm³/mol. The van der Waals surface area contributed by atoms with E-state index in [4.69, 9.17) is 14.5 Å². The van der Waals surface area contributed by atoms with E-state index in [-0.39, 0.29) is 54.3 Å². The minimum absolute atomic E-state index is 0.00958. The molecule has 4 amide bonds. The number of rotatable bonds is 14. The quantitative estimate of drug-likeness (QED) is 0.105. The zero-order valence-corrected chi connectivity index (χ0v) is 35.4. The van der Waals surface area contributed by atoms with E-state index in [2.05, 4.69) is 35.9 Å². The Morgan fingerprint density at radius 1 is 1.03 bits per heavy atom. The van der Waals surface area contributed by atoms with Gasteiger partial charge >= 0.3 is 0 Å². The summed E-state index contributed by atoms with van der Waals surface area (Å²) in [5, 5.41) is 27.8. The molecule has 4 atom stereocenters. The minimum Gasteiger partial charge on any atom is -0.384 e. The van der Waals surface area contributed by atoms with Crippen LogP contribution in [0.25, 0.3) is 5.65 Å². The number of morpholine rings is 1. The smallest absolute Gasteiger partial charge is 0.284 e. The molecule has 18 nitrogen and oxygen atoms in total. The van der Waals surface area contributed by atoms with Crippen LogP contribution in [0.5, 0.6) is 0 Å². The van der Waals surface area contributed by atoms with Crippen molar-refractivity contribution in [3.63, 3.8) is 0 Å². The molecule has 10 rings (SSSR count). The zero-order chi connectivity index (χ0) is 44.1. The van der Waals surface area contributed by atoms with Gasteiger partial charge in [-0.3, -0.25) is 34.1 Å². The number of aliphatic hydroxyl groups excluding tert-OH is 1. The summed E-state index contributed by atoms with van der Waals surface area (Å²) in [5.74, 6) is -0.760. The van der Waals surface area contributed by atoms with Crippen molar-refractivity contribution >= 4 is 46.5 Å². The fourth-order valence-corrected chi connectivity index (χ4v) is 10.5. The van der Waals surface area contributed by atoms with Gasteiger partial charge in [0, 0.05) is 69.4 Å². The molecule has 5 fully saturated rings. The summed E-state index contributed by atoms with van der Waals surface area (Å²) in [5.41, 5.74) is 1.44. The summed E-state index contributed by atoms with van der Waals surface area (Å²) in [6.45, 7) is 5.32. The Kier molecular flexibility index (Phi) is 11.8. The Labute approximate surface area is 367 Å². The summed E-state index contributed by atoms with van der Waals surface area (Å²) >= 11 is 0. The average Bonchev–Trinajstić information content (AvgIpc) is 4.15. The van der Waals surface area contributed by atoms with Gasteiger partial charge in [0.2, 0.25) is 11.8 Å². The number of halogens is 2. The number of aliphatic hydroxyl groups is 1. The maximum atomic E-state index is 14.3. The SMILES string of the molecule is O=C1CCC(N2C(=O)c3c(NCCCOC4CCN(CC5CCC(n6cc(NC(=O)c7cnn8ccc(N9C[C@H]%10C[C@@H]9CO%10)nc78)c(C(F)F)n6)CC5)CC4)cccc3C2O)C(=O)N1. The third-order valence-corrected chi connectivity index (χ3v) is 13.9. The Balaban J connectivity index is 0.656. The van der Waals surface area contributed by atoms with Crippen molar-refractivity contribution in [2.45, 2.75) is 107 Å². The molecule has 3 aromatic heterocycles. The van der Waals surface area contributed by atoms with E-state index < -0.39 is 42.1 Å². The molecule has 5 aliphatic heterocycles. The summed E-state index contributed by atoms with van der Waals surface area (Å²) < 4.78 is 43.7. The van der Waals surface area contributed by atoms with Gasteiger partial charge in [0.1, 0.15) is 17.4 Å². The molecule has 4 N–H and O–H groups in total. The fourth-order valence-electron chi connectivity index (χ4n) is 10.5. The number of benzene rings is 1. The number of nitrogens with one attached hydrogen (secondary N) is 3. The van der Waals surface area contributed by atoms with Gasteiger partial charge in [-0.15, -0.1) is 0 Å². The van der Waals surface area contributed by atoms with Gasteiger partial charge in [0.05, 0.1) is 48.3 Å². The van der Waals surface area contributed by atoms with Crippen LogP contribution in [0.1, 0.15) is 115 Å². The lowest BCUT2D eigenvalue weighted by atomic mass is 9.85. The van der Waals surface area contributed by atoms with E-state index in [0.29, 0.717) is 54.6 Å². The van der Waals surface area contributed by atoms with E-state index in [0.717, 1.165) is 76.9 Å². The van der Waals surface area contributed by atoms with Gasteiger partial charge in [0.15, 0.2) is 17.6 Å². The molecule has 340 valence electrons. The molecule has 64 heavy (non-hydrogen) atoms. The van der Waals surface area contributed by atoms with Gasteiger partial charge in [-0.1, -0.05) is 12.1 Å². The number of piperidine rings is 2. The molecular weight excluding hydrogens is 833 g/mol. The largest absolute Gasteiger partial charge is 0.384 e. The molecule has 1 aliphatic carbocycles.